The number of pyridine rings is 4. The Morgan fingerprint density at radius 1 is 1.06 bits per heavy atom. The van der Waals surface area contributed by atoms with Gasteiger partial charge in [0.05, 0.1) is 17.5 Å². The van der Waals surface area contributed by atoms with Crippen molar-refractivity contribution in [3.05, 3.63) is 112 Å². The third-order valence-corrected chi connectivity index (χ3v) is 5.54. The number of fused-ring (bicyclic) bond motifs is 2. The van der Waals surface area contributed by atoms with Crippen molar-refractivity contribution in [3.63, 3.8) is 0 Å². The maximum atomic E-state index is 13.4. The lowest BCUT2D eigenvalue weighted by atomic mass is 10.1. The molecule has 2 N–H and O–H groups in total. The van der Waals surface area contributed by atoms with Crippen molar-refractivity contribution in [2.45, 2.75) is 20.0 Å². The lowest BCUT2D eigenvalue weighted by Gasteiger charge is -2.15. The van der Waals surface area contributed by atoms with Crippen LogP contribution in [-0.2, 0) is 13.1 Å². The Hall–Kier alpha value is -4.66. The van der Waals surface area contributed by atoms with E-state index in [9.17, 15) is 9.59 Å². The summed E-state index contributed by atoms with van der Waals surface area (Å²) in [6.07, 6.45) is 8.38. The van der Waals surface area contributed by atoms with E-state index in [-0.39, 0.29) is 35.1 Å². The standard InChI is InChI=1S/C25H21N7O2/c1-16-6-7-21-30-23-20(25(34)31(21)14-16)10-19(24(33)29-13-17-4-2-8-27-11-17)22(26)32(23)15-18-5-3-9-28-12-18/h2-12,14,26H,13,15H2,1H3,(H,29,33). The molecule has 168 valence electrons. The molecule has 0 saturated carbocycles. The summed E-state index contributed by atoms with van der Waals surface area (Å²) < 4.78 is 3.04. The molecule has 0 spiro atoms. The fourth-order valence-corrected chi connectivity index (χ4v) is 3.82. The molecule has 0 fully saturated rings. The molecule has 5 aromatic heterocycles. The van der Waals surface area contributed by atoms with Crippen LogP contribution in [-0.4, -0.2) is 29.8 Å². The summed E-state index contributed by atoms with van der Waals surface area (Å²) in [4.78, 5) is 39.4. The van der Waals surface area contributed by atoms with Crippen molar-refractivity contribution in [1.82, 2.24) is 29.2 Å². The Labute approximate surface area is 193 Å². The van der Waals surface area contributed by atoms with Crippen LogP contribution >= 0.6 is 0 Å². The zero-order chi connectivity index (χ0) is 23.7. The van der Waals surface area contributed by atoms with Gasteiger partial charge in [-0.25, -0.2) is 4.98 Å². The Morgan fingerprint density at radius 3 is 2.50 bits per heavy atom. The van der Waals surface area contributed by atoms with Gasteiger partial charge in [-0.2, -0.15) is 0 Å². The monoisotopic (exact) mass is 451 g/mol. The number of carbonyl (C=O) groups is 1. The van der Waals surface area contributed by atoms with Crippen LogP contribution in [0.2, 0.25) is 0 Å². The van der Waals surface area contributed by atoms with Gasteiger partial charge in [0.2, 0.25) is 0 Å². The van der Waals surface area contributed by atoms with Crippen molar-refractivity contribution in [2.24, 2.45) is 0 Å². The molecule has 5 rings (SSSR count). The lowest BCUT2D eigenvalue weighted by molar-refractivity contribution is 0.0948. The minimum absolute atomic E-state index is 0.0385. The maximum absolute atomic E-state index is 13.4. The number of aryl methyl sites for hydroxylation is 1. The quantitative estimate of drug-likeness (QED) is 0.397. The van der Waals surface area contributed by atoms with E-state index in [0.29, 0.717) is 11.3 Å². The smallest absolute Gasteiger partial charge is 0.267 e. The van der Waals surface area contributed by atoms with Crippen LogP contribution in [0.5, 0.6) is 0 Å². The van der Waals surface area contributed by atoms with Gasteiger partial charge in [0.15, 0.2) is 0 Å². The first-order valence-corrected chi connectivity index (χ1v) is 10.7. The number of aromatic nitrogens is 5. The SMILES string of the molecule is Cc1ccc2nc3c(cc(C(=O)NCc4cccnc4)c(=N)n3Cc3cccnc3)c(=O)n2c1. The highest BCUT2D eigenvalue weighted by Crippen LogP contribution is 2.13. The highest BCUT2D eigenvalue weighted by molar-refractivity contribution is 5.96. The summed E-state index contributed by atoms with van der Waals surface area (Å²) in [5, 5.41) is 11.9. The maximum Gasteiger partial charge on any atom is 0.267 e. The van der Waals surface area contributed by atoms with Crippen molar-refractivity contribution < 1.29 is 4.79 Å². The van der Waals surface area contributed by atoms with Crippen molar-refractivity contribution >= 4 is 22.6 Å². The topological polar surface area (TPSA) is 118 Å². The van der Waals surface area contributed by atoms with Crippen molar-refractivity contribution in [3.8, 4) is 0 Å². The largest absolute Gasteiger partial charge is 0.348 e. The Bertz CT molecular complexity index is 1640. The molecule has 0 unspecified atom stereocenters. The van der Waals surface area contributed by atoms with Gasteiger partial charge in [0, 0.05) is 37.5 Å². The van der Waals surface area contributed by atoms with Gasteiger partial charge in [0.1, 0.15) is 16.8 Å². The first kappa shape index (κ1) is 21.2. The Balaban J connectivity index is 1.69. The van der Waals surface area contributed by atoms with Gasteiger partial charge in [-0.05, 0) is 47.9 Å². The zero-order valence-corrected chi connectivity index (χ0v) is 18.4. The van der Waals surface area contributed by atoms with Crippen LogP contribution in [0.15, 0.2) is 78.2 Å². The number of nitrogens with zero attached hydrogens (tertiary/aromatic N) is 5. The van der Waals surface area contributed by atoms with E-state index in [1.54, 1.807) is 53.8 Å². The fourth-order valence-electron chi connectivity index (χ4n) is 3.82. The number of rotatable bonds is 5. The summed E-state index contributed by atoms with van der Waals surface area (Å²) in [6, 6.07) is 12.4. The minimum atomic E-state index is -0.454. The van der Waals surface area contributed by atoms with Gasteiger partial charge >= 0.3 is 0 Å². The summed E-state index contributed by atoms with van der Waals surface area (Å²) in [7, 11) is 0. The average molecular weight is 451 g/mol. The molecule has 0 aliphatic carbocycles. The zero-order valence-electron chi connectivity index (χ0n) is 18.4. The first-order valence-electron chi connectivity index (χ1n) is 10.7. The molecule has 5 heterocycles. The molecule has 0 aromatic carbocycles. The van der Waals surface area contributed by atoms with Gasteiger partial charge in [-0.15, -0.1) is 0 Å². The molecule has 5 aromatic rings. The summed E-state index contributed by atoms with van der Waals surface area (Å²) in [6.45, 7) is 2.38. The van der Waals surface area contributed by atoms with Crippen LogP contribution in [0.4, 0.5) is 0 Å². The number of carbonyl (C=O) groups excluding carboxylic acids is 1. The average Bonchev–Trinajstić information content (AvgIpc) is 2.86. The third-order valence-electron chi connectivity index (χ3n) is 5.54. The van der Waals surface area contributed by atoms with Crippen LogP contribution < -0.4 is 16.4 Å². The molecular weight excluding hydrogens is 430 g/mol. The van der Waals surface area contributed by atoms with E-state index in [1.807, 2.05) is 25.1 Å². The number of amides is 1. The van der Waals surface area contributed by atoms with Gasteiger partial charge < -0.3 is 9.88 Å². The van der Waals surface area contributed by atoms with E-state index >= 15 is 0 Å². The molecule has 9 heteroatoms. The summed E-state index contributed by atoms with van der Waals surface area (Å²) in [5.41, 5.74) is 3.11. The lowest BCUT2D eigenvalue weighted by Crippen LogP contribution is -2.35. The first-order chi connectivity index (χ1) is 16.5. The molecule has 0 atom stereocenters. The molecule has 0 radical (unpaired) electrons. The van der Waals surface area contributed by atoms with Gasteiger partial charge in [-0.3, -0.25) is 29.4 Å². The molecule has 0 aliphatic rings. The number of nitrogens with one attached hydrogen (secondary N) is 2. The fraction of sp³-hybridized carbons (Fsp3) is 0.120. The van der Waals surface area contributed by atoms with Crippen LogP contribution in [0.25, 0.3) is 16.7 Å². The number of hydrogen-bond donors (Lipinski definition) is 2. The van der Waals surface area contributed by atoms with Crippen LogP contribution in [0.1, 0.15) is 27.0 Å². The molecule has 0 saturated heterocycles. The minimum Gasteiger partial charge on any atom is -0.348 e. The number of hydrogen-bond acceptors (Lipinski definition) is 6. The second-order valence-electron chi connectivity index (χ2n) is 7.99. The van der Waals surface area contributed by atoms with Crippen molar-refractivity contribution in [2.75, 3.05) is 0 Å². The van der Waals surface area contributed by atoms with Gasteiger partial charge in [0.25, 0.3) is 11.5 Å². The summed E-state index contributed by atoms with van der Waals surface area (Å²) in [5.74, 6) is -0.454. The van der Waals surface area contributed by atoms with Crippen molar-refractivity contribution in [1.29, 1.82) is 5.41 Å². The van der Waals surface area contributed by atoms with Gasteiger partial charge in [-0.1, -0.05) is 18.2 Å². The molecule has 0 aliphatic heterocycles. The molecule has 0 bridgehead atoms. The van der Waals surface area contributed by atoms with Crippen LogP contribution in [0.3, 0.4) is 0 Å². The third kappa shape index (κ3) is 3.95. The second-order valence-corrected chi connectivity index (χ2v) is 7.99. The second kappa shape index (κ2) is 8.70. The van der Waals surface area contributed by atoms with E-state index in [0.717, 1.165) is 16.7 Å². The van der Waals surface area contributed by atoms with E-state index in [2.05, 4.69) is 20.3 Å². The molecule has 1 amide bonds. The molecule has 34 heavy (non-hydrogen) atoms. The highest BCUT2D eigenvalue weighted by atomic mass is 16.1. The normalized spacial score (nSPS) is 11.1. The van der Waals surface area contributed by atoms with E-state index in [4.69, 9.17) is 5.41 Å². The Kier molecular flexibility index (Phi) is 5.43. The molecule has 9 nitrogen and oxygen atoms in total. The highest BCUT2D eigenvalue weighted by Gasteiger charge is 2.18. The van der Waals surface area contributed by atoms with E-state index in [1.165, 1.54) is 10.5 Å². The predicted octanol–water partition coefficient (Wildman–Crippen LogP) is 2.21. The predicted molar refractivity (Wildman–Crippen MR) is 126 cm³/mol. The van der Waals surface area contributed by atoms with E-state index < -0.39 is 5.91 Å². The Morgan fingerprint density at radius 2 is 1.79 bits per heavy atom. The summed E-state index contributed by atoms with van der Waals surface area (Å²) >= 11 is 0. The van der Waals surface area contributed by atoms with Crippen LogP contribution in [0, 0.1) is 12.3 Å². The molecular formula is C25H21N7O2.